The second kappa shape index (κ2) is 5.19. The average molecular weight is 282 g/mol. The lowest BCUT2D eigenvalue weighted by Crippen LogP contribution is -2.27. The van der Waals surface area contributed by atoms with Crippen molar-refractivity contribution >= 4 is 24.3 Å². The molecule has 0 saturated heterocycles. The molecular formula is C11H11FN4O2S. The number of carbonyl (C=O) groups is 1. The Kier molecular flexibility index (Phi) is 3.61. The molecule has 8 heteroatoms. The number of H-pyrrole nitrogens is 1. The number of nitrogens with one attached hydrogen (secondary N) is 1. The van der Waals surface area contributed by atoms with Crippen LogP contribution in [0.5, 0.6) is 0 Å². The Labute approximate surface area is 113 Å². The lowest BCUT2D eigenvalue weighted by Gasteiger charge is -2.13. The maximum atomic E-state index is 12.8. The topological polar surface area (TPSA) is 74.2 Å². The zero-order chi connectivity index (χ0) is 14.0. The molecule has 1 aromatic carbocycles. The molecule has 0 bridgehead atoms. The SMILES string of the molecule is CN(C(=O)O)c1n[nH]c(=S)n1Cc1ccc(F)cc1. The maximum Gasteiger partial charge on any atom is 0.413 e. The molecule has 19 heavy (non-hydrogen) atoms. The van der Waals surface area contributed by atoms with Crippen LogP contribution in [0.2, 0.25) is 0 Å². The number of aromatic nitrogens is 3. The van der Waals surface area contributed by atoms with Gasteiger partial charge in [0.15, 0.2) is 4.77 Å². The third-order valence-corrected chi connectivity index (χ3v) is 2.89. The largest absolute Gasteiger partial charge is 0.465 e. The van der Waals surface area contributed by atoms with Crippen LogP contribution in [0.25, 0.3) is 0 Å². The normalized spacial score (nSPS) is 10.4. The number of halogens is 1. The maximum absolute atomic E-state index is 12.8. The van der Waals surface area contributed by atoms with Crippen LogP contribution < -0.4 is 4.90 Å². The average Bonchev–Trinajstić information content (AvgIpc) is 2.73. The highest BCUT2D eigenvalue weighted by Crippen LogP contribution is 2.13. The fourth-order valence-electron chi connectivity index (χ4n) is 1.57. The summed E-state index contributed by atoms with van der Waals surface area (Å²) in [6.45, 7) is 0.308. The highest BCUT2D eigenvalue weighted by molar-refractivity contribution is 7.71. The lowest BCUT2D eigenvalue weighted by molar-refractivity contribution is 0.202. The summed E-state index contributed by atoms with van der Waals surface area (Å²) in [5, 5.41) is 15.4. The molecular weight excluding hydrogens is 271 g/mol. The van der Waals surface area contributed by atoms with E-state index in [0.29, 0.717) is 11.3 Å². The van der Waals surface area contributed by atoms with E-state index in [4.69, 9.17) is 17.3 Å². The number of rotatable bonds is 3. The molecule has 0 aliphatic carbocycles. The fourth-order valence-corrected chi connectivity index (χ4v) is 1.76. The highest BCUT2D eigenvalue weighted by Gasteiger charge is 2.16. The van der Waals surface area contributed by atoms with E-state index in [2.05, 4.69) is 10.2 Å². The zero-order valence-electron chi connectivity index (χ0n) is 10.00. The van der Waals surface area contributed by atoms with Crippen molar-refractivity contribution in [2.75, 3.05) is 11.9 Å². The lowest BCUT2D eigenvalue weighted by atomic mass is 10.2. The van der Waals surface area contributed by atoms with Crippen molar-refractivity contribution in [3.05, 3.63) is 40.4 Å². The molecule has 2 N–H and O–H groups in total. The van der Waals surface area contributed by atoms with Gasteiger partial charge in [0.05, 0.1) is 6.54 Å². The molecule has 0 atom stereocenters. The third kappa shape index (κ3) is 2.79. The van der Waals surface area contributed by atoms with Gasteiger partial charge in [-0.2, -0.15) is 0 Å². The third-order valence-electron chi connectivity index (χ3n) is 2.58. The Morgan fingerprint density at radius 3 is 2.74 bits per heavy atom. The van der Waals surface area contributed by atoms with Gasteiger partial charge in [-0.3, -0.25) is 4.57 Å². The molecule has 6 nitrogen and oxygen atoms in total. The Balaban J connectivity index is 2.34. The van der Waals surface area contributed by atoms with Crippen LogP contribution in [-0.2, 0) is 6.54 Å². The van der Waals surface area contributed by atoms with E-state index in [1.165, 1.54) is 23.7 Å². The summed E-state index contributed by atoms with van der Waals surface area (Å²) in [4.78, 5) is 11.9. The van der Waals surface area contributed by atoms with Crippen molar-refractivity contribution in [1.29, 1.82) is 0 Å². The minimum Gasteiger partial charge on any atom is -0.465 e. The van der Waals surface area contributed by atoms with Gasteiger partial charge < -0.3 is 5.11 Å². The second-order valence-corrected chi connectivity index (χ2v) is 4.27. The Morgan fingerprint density at radius 2 is 2.16 bits per heavy atom. The molecule has 0 unspecified atom stereocenters. The molecule has 1 heterocycles. The van der Waals surface area contributed by atoms with Crippen molar-refractivity contribution in [1.82, 2.24) is 14.8 Å². The quantitative estimate of drug-likeness (QED) is 0.847. The summed E-state index contributed by atoms with van der Waals surface area (Å²) in [7, 11) is 1.37. The summed E-state index contributed by atoms with van der Waals surface area (Å²) < 4.78 is 14.6. The highest BCUT2D eigenvalue weighted by atomic mass is 32.1. The predicted octanol–water partition coefficient (Wildman–Crippen LogP) is 2.24. The van der Waals surface area contributed by atoms with Crippen LogP contribution >= 0.6 is 12.2 Å². The number of aromatic amines is 1. The number of hydrogen-bond donors (Lipinski definition) is 2. The summed E-state index contributed by atoms with van der Waals surface area (Å²) >= 11 is 5.05. The van der Waals surface area contributed by atoms with Gasteiger partial charge in [-0.15, -0.1) is 5.10 Å². The van der Waals surface area contributed by atoms with E-state index >= 15 is 0 Å². The second-order valence-electron chi connectivity index (χ2n) is 3.88. The van der Waals surface area contributed by atoms with Gasteiger partial charge in [0.25, 0.3) is 0 Å². The van der Waals surface area contributed by atoms with Gasteiger partial charge in [0, 0.05) is 7.05 Å². The molecule has 1 amide bonds. The molecule has 2 rings (SSSR count). The first-order chi connectivity index (χ1) is 8.99. The van der Waals surface area contributed by atoms with E-state index in [1.54, 1.807) is 12.1 Å². The van der Waals surface area contributed by atoms with Crippen molar-refractivity contribution in [2.24, 2.45) is 0 Å². The first-order valence-corrected chi connectivity index (χ1v) is 5.76. The molecule has 1 aromatic heterocycles. The van der Waals surface area contributed by atoms with Crippen LogP contribution in [0.4, 0.5) is 15.1 Å². The molecule has 0 aliphatic heterocycles. The zero-order valence-corrected chi connectivity index (χ0v) is 10.8. The first kappa shape index (κ1) is 13.2. The summed E-state index contributed by atoms with van der Waals surface area (Å²) in [6.07, 6.45) is -1.14. The van der Waals surface area contributed by atoms with E-state index in [0.717, 1.165) is 10.5 Å². The summed E-state index contributed by atoms with van der Waals surface area (Å²) in [5.74, 6) is -0.149. The number of benzene rings is 1. The minimum atomic E-state index is -1.14. The van der Waals surface area contributed by atoms with Crippen LogP contribution in [0.3, 0.4) is 0 Å². The number of hydrogen-bond acceptors (Lipinski definition) is 3. The monoisotopic (exact) mass is 282 g/mol. The first-order valence-electron chi connectivity index (χ1n) is 5.35. The van der Waals surface area contributed by atoms with Gasteiger partial charge in [-0.1, -0.05) is 12.1 Å². The van der Waals surface area contributed by atoms with E-state index in [9.17, 15) is 9.18 Å². The van der Waals surface area contributed by atoms with Gasteiger partial charge >= 0.3 is 6.09 Å². The van der Waals surface area contributed by atoms with Crippen LogP contribution in [0, 0.1) is 10.6 Å². The number of amides is 1. The van der Waals surface area contributed by atoms with E-state index in [1.807, 2.05) is 0 Å². The summed E-state index contributed by atoms with van der Waals surface area (Å²) in [6, 6.07) is 5.88. The standard InChI is InChI=1S/C11H11FN4O2S/c1-15(11(17)18)9-13-14-10(19)16(9)6-7-2-4-8(12)5-3-7/h2-5H,6H2,1H3,(H,14,19)(H,17,18). The van der Waals surface area contributed by atoms with Gasteiger partial charge in [-0.05, 0) is 29.9 Å². The molecule has 0 radical (unpaired) electrons. The van der Waals surface area contributed by atoms with Crippen molar-refractivity contribution in [3.8, 4) is 0 Å². The molecule has 100 valence electrons. The van der Waals surface area contributed by atoms with Crippen molar-refractivity contribution in [3.63, 3.8) is 0 Å². The van der Waals surface area contributed by atoms with Crippen molar-refractivity contribution in [2.45, 2.75) is 6.54 Å². The number of carboxylic acid groups (broad SMARTS) is 1. The minimum absolute atomic E-state index is 0.182. The predicted molar refractivity (Wildman–Crippen MR) is 69.3 cm³/mol. The Morgan fingerprint density at radius 1 is 1.53 bits per heavy atom. The molecule has 0 spiro atoms. The Bertz CT molecular complexity index is 649. The number of nitrogens with zero attached hydrogens (tertiary/aromatic N) is 3. The molecule has 0 aliphatic rings. The van der Waals surface area contributed by atoms with Crippen LogP contribution in [-0.4, -0.2) is 33.0 Å². The van der Waals surface area contributed by atoms with Crippen LogP contribution in [0.15, 0.2) is 24.3 Å². The van der Waals surface area contributed by atoms with E-state index in [-0.39, 0.29) is 11.8 Å². The van der Waals surface area contributed by atoms with Gasteiger partial charge in [-0.25, -0.2) is 19.2 Å². The van der Waals surface area contributed by atoms with Crippen LogP contribution in [0.1, 0.15) is 5.56 Å². The Hall–Kier alpha value is -2.22. The number of anilines is 1. The molecule has 0 saturated carbocycles. The van der Waals surface area contributed by atoms with Crippen molar-refractivity contribution < 1.29 is 14.3 Å². The smallest absolute Gasteiger partial charge is 0.413 e. The van der Waals surface area contributed by atoms with E-state index < -0.39 is 6.09 Å². The fraction of sp³-hybridized carbons (Fsp3) is 0.182. The van der Waals surface area contributed by atoms with Gasteiger partial charge in [0.1, 0.15) is 5.82 Å². The molecule has 0 fully saturated rings. The van der Waals surface area contributed by atoms with Gasteiger partial charge in [0.2, 0.25) is 5.95 Å². The summed E-state index contributed by atoms with van der Waals surface area (Å²) in [5.41, 5.74) is 0.791. The molecule has 2 aromatic rings.